The molecule has 1 aromatic rings. The number of carbonyl (C=O) groups is 8. The maximum atomic E-state index is 12.8. The average molecular weight is 787 g/mol. The summed E-state index contributed by atoms with van der Waals surface area (Å²) in [7, 11) is 0. The van der Waals surface area contributed by atoms with E-state index in [9.17, 15) is 48.6 Å². The number of aromatic hydroxyl groups is 1. The number of Topliss-reactive ketones (excluding diaryl/α,β-unsaturated/α-hetero) is 1. The lowest BCUT2D eigenvalue weighted by Gasteiger charge is -2.44. The van der Waals surface area contributed by atoms with Crippen LogP contribution in [0.4, 0.5) is 0 Å². The molecular weight excluding hydrogens is 744 g/mol. The van der Waals surface area contributed by atoms with Crippen molar-refractivity contribution in [1.82, 2.24) is 0 Å². The van der Waals surface area contributed by atoms with Gasteiger partial charge >= 0.3 is 41.8 Å². The highest BCUT2D eigenvalue weighted by molar-refractivity contribution is 5.99. The highest BCUT2D eigenvalue weighted by Crippen LogP contribution is 2.39. The molecule has 21 nitrogen and oxygen atoms in total. The summed E-state index contributed by atoms with van der Waals surface area (Å²) in [4.78, 5) is 96.6. The molecule has 2 fully saturated rings. The Balaban J connectivity index is 2.11. The lowest BCUT2D eigenvalue weighted by atomic mass is 9.98. The number of rotatable bonds is 14. The molecule has 2 heterocycles. The Labute approximate surface area is 313 Å². The first-order valence-corrected chi connectivity index (χ1v) is 16.5. The molecule has 0 unspecified atom stereocenters. The number of aliphatic hydroxyl groups is 1. The largest absolute Gasteiger partial charge is 0.507 e. The first kappa shape index (κ1) is 43.9. The third-order valence-corrected chi connectivity index (χ3v) is 7.52. The summed E-state index contributed by atoms with van der Waals surface area (Å²) in [5.74, 6) is -8.48. The minimum atomic E-state index is -1.95. The Morgan fingerprint density at radius 3 is 1.42 bits per heavy atom. The molecule has 0 spiro atoms. The number of hydrogen-bond donors (Lipinski definition) is 2. The fourth-order valence-corrected chi connectivity index (χ4v) is 5.62. The molecule has 0 amide bonds. The predicted octanol–water partition coefficient (Wildman–Crippen LogP) is -0.0522. The molecule has 0 aromatic heterocycles. The van der Waals surface area contributed by atoms with Gasteiger partial charge in [0.05, 0.1) is 0 Å². The summed E-state index contributed by atoms with van der Waals surface area (Å²) in [6.45, 7) is 7.14. The van der Waals surface area contributed by atoms with Gasteiger partial charge in [0.25, 0.3) is 0 Å². The maximum Gasteiger partial charge on any atom is 0.303 e. The van der Waals surface area contributed by atoms with Gasteiger partial charge in [-0.2, -0.15) is 0 Å². The SMILES string of the molecule is CC(=O)OC[C@@H]1O[C@H](Oc2cc(O)c(C(C)=O)c(O[C@@H]3O[C@H](COC(C)=O)[C@@H](OC(C)=O)[C@@H](OC(C)=O)[C@@H]3O)c2)[C@H](OC(C)=O)[C@@H](OC(C)=O)[C@H]1OC(C)=O. The fourth-order valence-electron chi connectivity index (χ4n) is 5.62. The highest BCUT2D eigenvalue weighted by Gasteiger charge is 2.54. The van der Waals surface area contributed by atoms with Crippen molar-refractivity contribution in [3.05, 3.63) is 17.7 Å². The molecule has 1 aromatic carbocycles. The van der Waals surface area contributed by atoms with Gasteiger partial charge in [0.1, 0.15) is 48.2 Å². The topological polar surface area (TPSA) is 279 Å². The molecule has 304 valence electrons. The number of esters is 7. The third-order valence-electron chi connectivity index (χ3n) is 7.52. The molecule has 21 heteroatoms. The number of aliphatic hydroxyl groups excluding tert-OH is 1. The van der Waals surface area contributed by atoms with Gasteiger partial charge in [-0.25, -0.2) is 0 Å². The molecular formula is C34H42O21. The van der Waals surface area contributed by atoms with Crippen LogP contribution >= 0.6 is 0 Å². The smallest absolute Gasteiger partial charge is 0.303 e. The van der Waals surface area contributed by atoms with E-state index < -0.39 is 139 Å². The van der Waals surface area contributed by atoms with Crippen molar-refractivity contribution in [1.29, 1.82) is 0 Å². The summed E-state index contributed by atoms with van der Waals surface area (Å²) in [5.41, 5.74) is -0.479. The van der Waals surface area contributed by atoms with Gasteiger partial charge in [0.2, 0.25) is 18.7 Å². The predicted molar refractivity (Wildman–Crippen MR) is 174 cm³/mol. The number of ether oxygens (including phenoxy) is 11. The summed E-state index contributed by atoms with van der Waals surface area (Å²) in [6, 6.07) is 1.94. The lowest BCUT2D eigenvalue weighted by molar-refractivity contribution is -0.288. The highest BCUT2D eigenvalue weighted by atomic mass is 16.7. The van der Waals surface area contributed by atoms with Gasteiger partial charge in [0, 0.05) is 60.6 Å². The van der Waals surface area contributed by atoms with Gasteiger partial charge in [-0.3, -0.25) is 38.4 Å². The molecule has 3 rings (SSSR count). The van der Waals surface area contributed by atoms with Crippen LogP contribution in [0.25, 0.3) is 0 Å². The molecule has 55 heavy (non-hydrogen) atoms. The van der Waals surface area contributed by atoms with E-state index in [1.165, 1.54) is 0 Å². The summed E-state index contributed by atoms with van der Waals surface area (Å²) in [5, 5.41) is 22.3. The zero-order valence-electron chi connectivity index (χ0n) is 31.0. The van der Waals surface area contributed by atoms with Crippen molar-refractivity contribution in [3.8, 4) is 17.2 Å². The molecule has 2 aliphatic heterocycles. The Morgan fingerprint density at radius 1 is 0.545 bits per heavy atom. The normalized spacial score (nSPS) is 27.3. The molecule has 2 N–H and O–H groups in total. The van der Waals surface area contributed by atoms with Crippen LogP contribution in [-0.4, -0.2) is 132 Å². The second kappa shape index (κ2) is 19.2. The molecule has 0 aliphatic carbocycles. The van der Waals surface area contributed by atoms with Crippen LogP contribution in [0.2, 0.25) is 0 Å². The van der Waals surface area contributed by atoms with Gasteiger partial charge in [-0.05, 0) is 6.92 Å². The van der Waals surface area contributed by atoms with Crippen LogP contribution in [-0.2, 0) is 76.2 Å². The first-order chi connectivity index (χ1) is 25.7. The number of carbonyl (C=O) groups excluding carboxylic acids is 8. The number of phenols is 1. The van der Waals surface area contributed by atoms with Gasteiger partial charge in [0.15, 0.2) is 36.3 Å². The van der Waals surface area contributed by atoms with Crippen molar-refractivity contribution < 1.29 is 101 Å². The summed E-state index contributed by atoms with van der Waals surface area (Å²) in [6.07, 6.45) is -16.4. The van der Waals surface area contributed by atoms with E-state index in [1.54, 1.807) is 0 Å². The van der Waals surface area contributed by atoms with Crippen LogP contribution in [0.15, 0.2) is 12.1 Å². The van der Waals surface area contributed by atoms with E-state index in [2.05, 4.69) is 0 Å². The third kappa shape index (κ3) is 12.2. The Morgan fingerprint density at radius 2 is 0.964 bits per heavy atom. The Kier molecular flexibility index (Phi) is 15.3. The Hall–Kier alpha value is -5.54. The minimum Gasteiger partial charge on any atom is -0.507 e. The van der Waals surface area contributed by atoms with Crippen molar-refractivity contribution in [3.63, 3.8) is 0 Å². The van der Waals surface area contributed by atoms with Crippen LogP contribution < -0.4 is 9.47 Å². The molecule has 2 aliphatic rings. The van der Waals surface area contributed by atoms with Crippen LogP contribution in [0.1, 0.15) is 65.7 Å². The zero-order chi connectivity index (χ0) is 41.3. The molecule has 2 saturated heterocycles. The van der Waals surface area contributed by atoms with E-state index in [1.807, 2.05) is 0 Å². The second-order valence-corrected chi connectivity index (χ2v) is 12.2. The van der Waals surface area contributed by atoms with Gasteiger partial charge < -0.3 is 62.3 Å². The standard InChI is InChI=1S/C34H42O21/c1-13(35)26-22(43)9-21(10-23(26)53-33-27(44)30(49-18(6)40)28(47-16(4)38)24(54-33)11-45-14(2)36)52-34-32(51-20(8)42)31(50-19(7)41)29(48-17(5)39)25(55-34)12-46-15(3)37/h9-10,24-25,27-34,43-44H,11-12H2,1-8H3/t24-,25+,27+,28-,29+,30+,31+,32-,33-,34+/m1/s1. The zero-order valence-corrected chi connectivity index (χ0v) is 31.0. The van der Waals surface area contributed by atoms with Crippen molar-refractivity contribution in [2.24, 2.45) is 0 Å². The monoisotopic (exact) mass is 786 g/mol. The van der Waals surface area contributed by atoms with E-state index in [-0.39, 0.29) is 5.75 Å². The summed E-state index contributed by atoms with van der Waals surface area (Å²) < 4.78 is 60.2. The number of benzene rings is 1. The lowest BCUT2D eigenvalue weighted by Crippen LogP contribution is -2.63. The quantitative estimate of drug-likeness (QED) is 0.142. The summed E-state index contributed by atoms with van der Waals surface area (Å²) >= 11 is 0. The van der Waals surface area contributed by atoms with Crippen molar-refractivity contribution >= 4 is 47.6 Å². The van der Waals surface area contributed by atoms with Gasteiger partial charge in [-0.15, -0.1) is 0 Å². The number of phenolic OH excluding ortho intramolecular Hbond substituents is 1. The molecule has 0 bridgehead atoms. The first-order valence-electron chi connectivity index (χ1n) is 16.5. The second-order valence-electron chi connectivity index (χ2n) is 12.2. The van der Waals surface area contributed by atoms with Gasteiger partial charge in [-0.1, -0.05) is 0 Å². The van der Waals surface area contributed by atoms with Crippen molar-refractivity contribution in [2.75, 3.05) is 13.2 Å². The number of ketones is 1. The van der Waals surface area contributed by atoms with E-state index in [0.717, 1.165) is 67.5 Å². The minimum absolute atomic E-state index is 0.380. The van der Waals surface area contributed by atoms with E-state index in [4.69, 9.17) is 52.1 Å². The van der Waals surface area contributed by atoms with E-state index in [0.29, 0.717) is 0 Å². The van der Waals surface area contributed by atoms with Crippen LogP contribution in [0.5, 0.6) is 17.2 Å². The Bertz CT molecular complexity index is 1640. The molecule has 0 radical (unpaired) electrons. The average Bonchev–Trinajstić information content (AvgIpc) is 3.03. The van der Waals surface area contributed by atoms with Crippen LogP contribution in [0.3, 0.4) is 0 Å². The maximum absolute atomic E-state index is 12.8. The van der Waals surface area contributed by atoms with Crippen LogP contribution in [0, 0.1) is 0 Å². The molecule has 0 saturated carbocycles. The fraction of sp³-hybridized carbons (Fsp3) is 0.588. The van der Waals surface area contributed by atoms with E-state index >= 15 is 0 Å². The number of hydrogen-bond acceptors (Lipinski definition) is 21. The van der Waals surface area contributed by atoms with Crippen molar-refractivity contribution in [2.45, 2.75) is 117 Å². The molecule has 10 atom stereocenters.